The number of hydrogen-bond acceptors (Lipinski definition) is 2. The Balaban J connectivity index is 2.32. The van der Waals surface area contributed by atoms with Crippen molar-refractivity contribution in [1.82, 2.24) is 0 Å². The van der Waals surface area contributed by atoms with Gasteiger partial charge in [0.15, 0.2) is 0 Å². The van der Waals surface area contributed by atoms with Crippen molar-refractivity contribution in [2.75, 3.05) is 0 Å². The molecule has 0 aliphatic rings. The largest absolute Gasteiger partial charge is 0.416 e. The van der Waals surface area contributed by atoms with Crippen LogP contribution in [-0.4, -0.2) is 5.11 Å². The van der Waals surface area contributed by atoms with Crippen LogP contribution in [-0.2, 0) is 11.6 Å². The lowest BCUT2D eigenvalue weighted by molar-refractivity contribution is -0.137. The van der Waals surface area contributed by atoms with Gasteiger partial charge in [0.2, 0.25) is 0 Å². The number of alkyl halides is 3. The van der Waals surface area contributed by atoms with Crippen LogP contribution in [0.3, 0.4) is 0 Å². The molecule has 1 aromatic carbocycles. The normalized spacial score (nSPS) is 14.2. The Morgan fingerprint density at radius 3 is 2.24 bits per heavy atom. The average molecular weight is 314 g/mol. The molecule has 1 nitrogen and oxygen atoms in total. The fraction of sp³-hybridized carbons (Fsp3) is 0.375. The molecule has 2 aromatic rings. The zero-order valence-corrected chi connectivity index (χ0v) is 12.8. The predicted molar refractivity (Wildman–Crippen MR) is 78.5 cm³/mol. The molecule has 0 fully saturated rings. The summed E-state index contributed by atoms with van der Waals surface area (Å²) in [7, 11) is 0. The van der Waals surface area contributed by atoms with Crippen LogP contribution in [0.4, 0.5) is 13.2 Å². The molecule has 1 aromatic heterocycles. The molecule has 0 spiro atoms. The fourth-order valence-corrected chi connectivity index (χ4v) is 3.03. The Morgan fingerprint density at radius 2 is 1.71 bits per heavy atom. The molecule has 2 rings (SSSR count). The van der Waals surface area contributed by atoms with Crippen molar-refractivity contribution in [1.29, 1.82) is 0 Å². The minimum atomic E-state index is -4.40. The second kappa shape index (κ2) is 5.46. The molecule has 114 valence electrons. The summed E-state index contributed by atoms with van der Waals surface area (Å²) in [4.78, 5) is 1.74. The third-order valence-electron chi connectivity index (χ3n) is 3.17. The van der Waals surface area contributed by atoms with Gasteiger partial charge < -0.3 is 5.11 Å². The summed E-state index contributed by atoms with van der Waals surface area (Å²) in [6, 6.07) is 8.52. The number of thiophene rings is 1. The van der Waals surface area contributed by atoms with Gasteiger partial charge in [0, 0.05) is 9.75 Å². The van der Waals surface area contributed by atoms with E-state index in [-0.39, 0.29) is 11.0 Å². The predicted octanol–water partition coefficient (Wildman–Crippen LogP) is 5.15. The standard InChI is InChI=1S/C16H17F3OS/c1-15(2,3)13-8-7-12(21-13)14(20)10-5-4-6-11(9-10)16(17,18)19/h4-9,14,20H,1-3H3. The first-order valence-corrected chi connectivity index (χ1v) is 7.36. The highest BCUT2D eigenvalue weighted by Crippen LogP contribution is 2.36. The number of hydrogen-bond donors (Lipinski definition) is 1. The fourth-order valence-electron chi connectivity index (χ4n) is 1.95. The Kier molecular flexibility index (Phi) is 4.17. The summed E-state index contributed by atoms with van der Waals surface area (Å²) < 4.78 is 38.1. The topological polar surface area (TPSA) is 20.2 Å². The zero-order valence-electron chi connectivity index (χ0n) is 12.0. The highest BCUT2D eigenvalue weighted by Gasteiger charge is 2.31. The first-order chi connectivity index (χ1) is 9.59. The van der Waals surface area contributed by atoms with Crippen molar-refractivity contribution in [2.45, 2.75) is 38.5 Å². The molecule has 0 amide bonds. The van der Waals surface area contributed by atoms with E-state index in [9.17, 15) is 18.3 Å². The van der Waals surface area contributed by atoms with E-state index < -0.39 is 17.8 Å². The van der Waals surface area contributed by atoms with Crippen LogP contribution >= 0.6 is 11.3 Å². The zero-order chi connectivity index (χ0) is 15.8. The van der Waals surface area contributed by atoms with Crippen molar-refractivity contribution in [2.24, 2.45) is 0 Å². The van der Waals surface area contributed by atoms with E-state index in [1.807, 2.05) is 6.07 Å². The molecule has 0 radical (unpaired) electrons. The van der Waals surface area contributed by atoms with Gasteiger partial charge in [-0.2, -0.15) is 13.2 Å². The van der Waals surface area contributed by atoms with Crippen LogP contribution in [0.2, 0.25) is 0 Å². The van der Waals surface area contributed by atoms with Gasteiger partial charge in [0.05, 0.1) is 5.56 Å². The van der Waals surface area contributed by atoms with Gasteiger partial charge in [0.1, 0.15) is 6.10 Å². The average Bonchev–Trinajstić information content (AvgIpc) is 2.86. The van der Waals surface area contributed by atoms with Crippen molar-refractivity contribution in [3.63, 3.8) is 0 Å². The highest BCUT2D eigenvalue weighted by molar-refractivity contribution is 7.12. The molecule has 5 heteroatoms. The van der Waals surface area contributed by atoms with Gasteiger partial charge in [-0.25, -0.2) is 0 Å². The third kappa shape index (κ3) is 3.66. The monoisotopic (exact) mass is 314 g/mol. The molecular formula is C16H17F3OS. The maximum atomic E-state index is 12.7. The summed E-state index contributed by atoms with van der Waals surface area (Å²) in [6.45, 7) is 6.16. The lowest BCUT2D eigenvalue weighted by atomic mass is 9.95. The van der Waals surface area contributed by atoms with E-state index in [1.54, 1.807) is 6.07 Å². The summed E-state index contributed by atoms with van der Waals surface area (Å²) in [6.07, 6.45) is -5.43. The molecule has 0 saturated carbocycles. The van der Waals surface area contributed by atoms with Crippen LogP contribution in [0.1, 0.15) is 47.8 Å². The molecule has 1 heterocycles. The van der Waals surface area contributed by atoms with Crippen LogP contribution in [0.5, 0.6) is 0 Å². The minimum absolute atomic E-state index is 0.0452. The van der Waals surface area contributed by atoms with Crippen LogP contribution in [0.25, 0.3) is 0 Å². The lowest BCUT2D eigenvalue weighted by Gasteiger charge is -2.16. The Labute approximate surface area is 126 Å². The Morgan fingerprint density at radius 1 is 1.05 bits per heavy atom. The van der Waals surface area contributed by atoms with Gasteiger partial charge >= 0.3 is 6.18 Å². The minimum Gasteiger partial charge on any atom is -0.383 e. The number of aliphatic hydroxyl groups excluding tert-OH is 1. The van der Waals surface area contributed by atoms with Crippen LogP contribution in [0.15, 0.2) is 36.4 Å². The first kappa shape index (κ1) is 16.0. The van der Waals surface area contributed by atoms with Gasteiger partial charge in [-0.3, -0.25) is 0 Å². The van der Waals surface area contributed by atoms with Gasteiger partial charge in [0.25, 0.3) is 0 Å². The van der Waals surface area contributed by atoms with Crippen LogP contribution in [0, 0.1) is 0 Å². The van der Waals surface area contributed by atoms with Crippen LogP contribution < -0.4 is 0 Å². The quantitative estimate of drug-likeness (QED) is 0.813. The van der Waals surface area contributed by atoms with Crippen molar-refractivity contribution >= 4 is 11.3 Å². The maximum absolute atomic E-state index is 12.7. The lowest BCUT2D eigenvalue weighted by Crippen LogP contribution is -2.08. The summed E-state index contributed by atoms with van der Waals surface area (Å²) in [5.41, 5.74) is -0.532. The van der Waals surface area contributed by atoms with E-state index in [0.717, 1.165) is 17.0 Å². The van der Waals surface area contributed by atoms with Gasteiger partial charge in [-0.05, 0) is 35.2 Å². The second-order valence-electron chi connectivity index (χ2n) is 5.98. The number of aliphatic hydroxyl groups is 1. The molecule has 1 atom stereocenters. The van der Waals surface area contributed by atoms with Crippen molar-refractivity contribution < 1.29 is 18.3 Å². The van der Waals surface area contributed by atoms with E-state index in [2.05, 4.69) is 20.8 Å². The molecule has 1 unspecified atom stereocenters. The SMILES string of the molecule is CC(C)(C)c1ccc(C(O)c2cccc(C(F)(F)F)c2)s1. The molecule has 0 bridgehead atoms. The molecule has 0 aliphatic heterocycles. The summed E-state index contributed by atoms with van der Waals surface area (Å²) in [5.74, 6) is 0. The second-order valence-corrected chi connectivity index (χ2v) is 7.09. The molecule has 21 heavy (non-hydrogen) atoms. The van der Waals surface area contributed by atoms with Crippen molar-refractivity contribution in [3.05, 3.63) is 57.3 Å². The first-order valence-electron chi connectivity index (χ1n) is 6.54. The van der Waals surface area contributed by atoms with E-state index in [1.165, 1.54) is 23.5 Å². The van der Waals surface area contributed by atoms with E-state index >= 15 is 0 Å². The van der Waals surface area contributed by atoms with E-state index in [4.69, 9.17) is 0 Å². The molecule has 0 aliphatic carbocycles. The smallest absolute Gasteiger partial charge is 0.383 e. The molecule has 0 saturated heterocycles. The number of rotatable bonds is 2. The maximum Gasteiger partial charge on any atom is 0.416 e. The van der Waals surface area contributed by atoms with Crippen molar-refractivity contribution in [3.8, 4) is 0 Å². The Bertz CT molecular complexity index is 623. The van der Waals surface area contributed by atoms with Gasteiger partial charge in [-0.1, -0.05) is 32.9 Å². The Hall–Kier alpha value is -1.33. The highest BCUT2D eigenvalue weighted by atomic mass is 32.1. The number of halogens is 3. The molecular weight excluding hydrogens is 297 g/mol. The summed E-state index contributed by atoms with van der Waals surface area (Å²) >= 11 is 1.42. The number of benzene rings is 1. The van der Waals surface area contributed by atoms with E-state index in [0.29, 0.717) is 4.88 Å². The molecule has 1 N–H and O–H groups in total. The van der Waals surface area contributed by atoms with Gasteiger partial charge in [-0.15, -0.1) is 11.3 Å². The summed E-state index contributed by atoms with van der Waals surface area (Å²) in [5, 5.41) is 10.3. The third-order valence-corrected chi connectivity index (χ3v) is 4.73.